The topological polar surface area (TPSA) is 74.1 Å². The van der Waals surface area contributed by atoms with Crippen LogP contribution in [-0.2, 0) is 9.47 Å². The fourth-order valence-electron chi connectivity index (χ4n) is 2.05. The summed E-state index contributed by atoms with van der Waals surface area (Å²) in [5.41, 5.74) is 0.666. The molecule has 1 saturated heterocycles. The molecule has 7 nitrogen and oxygen atoms in total. The zero-order chi connectivity index (χ0) is 14.4. The van der Waals surface area contributed by atoms with E-state index in [1.54, 1.807) is 19.2 Å². The van der Waals surface area contributed by atoms with Crippen molar-refractivity contribution in [2.45, 2.75) is 0 Å². The third-order valence-electron chi connectivity index (χ3n) is 3.05. The monoisotopic (exact) mass is 282 g/mol. The summed E-state index contributed by atoms with van der Waals surface area (Å²) in [7, 11) is 1.60. The largest absolute Gasteiger partial charge is 0.491 e. The Morgan fingerprint density at radius 3 is 2.75 bits per heavy atom. The fourth-order valence-corrected chi connectivity index (χ4v) is 2.05. The number of methoxy groups -OCH3 is 1. The molecule has 2 rings (SSSR count). The van der Waals surface area contributed by atoms with E-state index < -0.39 is 0 Å². The number of nitro benzene ring substituents is 1. The summed E-state index contributed by atoms with van der Waals surface area (Å²) < 4.78 is 15.7. The van der Waals surface area contributed by atoms with E-state index >= 15 is 0 Å². The Morgan fingerprint density at radius 1 is 1.35 bits per heavy atom. The molecule has 1 fully saturated rings. The van der Waals surface area contributed by atoms with Gasteiger partial charge in [-0.3, -0.25) is 10.1 Å². The van der Waals surface area contributed by atoms with Crippen molar-refractivity contribution in [3.63, 3.8) is 0 Å². The van der Waals surface area contributed by atoms with Gasteiger partial charge in [0.05, 0.1) is 24.7 Å². The number of benzene rings is 1. The number of anilines is 1. The van der Waals surface area contributed by atoms with Crippen molar-refractivity contribution in [2.24, 2.45) is 0 Å². The van der Waals surface area contributed by atoms with Crippen LogP contribution < -0.4 is 9.64 Å². The average molecular weight is 282 g/mol. The van der Waals surface area contributed by atoms with Crippen molar-refractivity contribution in [3.05, 3.63) is 28.3 Å². The molecule has 0 aromatic heterocycles. The van der Waals surface area contributed by atoms with Gasteiger partial charge < -0.3 is 19.1 Å². The van der Waals surface area contributed by atoms with Crippen molar-refractivity contribution >= 4 is 11.4 Å². The number of rotatable bonds is 6. The number of nitro groups is 1. The summed E-state index contributed by atoms with van der Waals surface area (Å²) in [6, 6.07) is 4.80. The van der Waals surface area contributed by atoms with Crippen LogP contribution in [0.3, 0.4) is 0 Å². The summed E-state index contributed by atoms with van der Waals surface area (Å²) in [5.74, 6) is 0.606. The Hall–Kier alpha value is -1.86. The first-order valence-corrected chi connectivity index (χ1v) is 6.45. The van der Waals surface area contributed by atoms with Crippen molar-refractivity contribution in [1.29, 1.82) is 0 Å². The molecule has 0 bridgehead atoms. The predicted molar refractivity (Wildman–Crippen MR) is 73.5 cm³/mol. The van der Waals surface area contributed by atoms with Crippen LogP contribution in [0.2, 0.25) is 0 Å². The highest BCUT2D eigenvalue weighted by Gasteiger charge is 2.22. The van der Waals surface area contributed by atoms with Crippen LogP contribution in [0.15, 0.2) is 18.2 Å². The zero-order valence-corrected chi connectivity index (χ0v) is 11.4. The summed E-state index contributed by atoms with van der Waals surface area (Å²) in [5, 5.41) is 11.1. The lowest BCUT2D eigenvalue weighted by atomic mass is 10.2. The number of hydrogen-bond acceptors (Lipinski definition) is 6. The summed E-state index contributed by atoms with van der Waals surface area (Å²) in [6.07, 6.45) is 0. The van der Waals surface area contributed by atoms with E-state index in [9.17, 15) is 10.1 Å². The Morgan fingerprint density at radius 2 is 2.10 bits per heavy atom. The van der Waals surface area contributed by atoms with Crippen LogP contribution in [0.25, 0.3) is 0 Å². The molecule has 1 aliphatic heterocycles. The first kappa shape index (κ1) is 14.5. The van der Waals surface area contributed by atoms with E-state index in [0.29, 0.717) is 51.0 Å². The quantitative estimate of drug-likeness (QED) is 0.447. The highest BCUT2D eigenvalue weighted by atomic mass is 16.6. The van der Waals surface area contributed by atoms with Crippen molar-refractivity contribution in [1.82, 2.24) is 0 Å². The maximum absolute atomic E-state index is 11.1. The molecule has 0 unspecified atom stereocenters. The smallest absolute Gasteiger partial charge is 0.292 e. The first-order valence-electron chi connectivity index (χ1n) is 6.45. The van der Waals surface area contributed by atoms with Gasteiger partial charge in [0.25, 0.3) is 5.69 Å². The van der Waals surface area contributed by atoms with Crippen LogP contribution in [-0.4, -0.2) is 51.6 Å². The molecule has 1 aromatic carbocycles. The van der Waals surface area contributed by atoms with Gasteiger partial charge in [0, 0.05) is 32.3 Å². The molecule has 7 heteroatoms. The number of hydrogen-bond donors (Lipinski definition) is 0. The van der Waals surface area contributed by atoms with Crippen molar-refractivity contribution in [3.8, 4) is 5.75 Å². The van der Waals surface area contributed by atoms with E-state index in [2.05, 4.69) is 0 Å². The fraction of sp³-hybridized carbons (Fsp3) is 0.538. The van der Waals surface area contributed by atoms with Crippen LogP contribution in [0.1, 0.15) is 0 Å². The van der Waals surface area contributed by atoms with Gasteiger partial charge in [-0.05, 0) is 6.07 Å². The van der Waals surface area contributed by atoms with Crippen LogP contribution in [0, 0.1) is 10.1 Å². The Bertz CT molecular complexity index is 460. The molecule has 20 heavy (non-hydrogen) atoms. The van der Waals surface area contributed by atoms with Gasteiger partial charge in [-0.15, -0.1) is 0 Å². The van der Waals surface area contributed by atoms with Crippen LogP contribution >= 0.6 is 0 Å². The molecule has 0 atom stereocenters. The maximum atomic E-state index is 11.1. The Balaban J connectivity index is 2.19. The maximum Gasteiger partial charge on any atom is 0.292 e. The zero-order valence-electron chi connectivity index (χ0n) is 11.4. The van der Waals surface area contributed by atoms with Gasteiger partial charge in [0.15, 0.2) is 0 Å². The number of nitrogens with zero attached hydrogens (tertiary/aromatic N) is 2. The number of morpholine rings is 1. The van der Waals surface area contributed by atoms with Gasteiger partial charge in [-0.25, -0.2) is 0 Å². The Kier molecular flexibility index (Phi) is 5.14. The molecule has 1 aliphatic rings. The number of ether oxygens (including phenoxy) is 3. The molecular formula is C13H18N2O5. The minimum atomic E-state index is -0.371. The lowest BCUT2D eigenvalue weighted by Crippen LogP contribution is -2.36. The molecule has 0 N–H and O–H groups in total. The molecule has 0 saturated carbocycles. The van der Waals surface area contributed by atoms with Gasteiger partial charge in [0.2, 0.25) is 0 Å². The summed E-state index contributed by atoms with van der Waals surface area (Å²) in [4.78, 5) is 12.7. The van der Waals surface area contributed by atoms with Crippen molar-refractivity contribution in [2.75, 3.05) is 51.5 Å². The molecule has 0 spiro atoms. The molecule has 0 radical (unpaired) electrons. The van der Waals surface area contributed by atoms with Gasteiger partial charge in [-0.1, -0.05) is 0 Å². The van der Waals surface area contributed by atoms with Gasteiger partial charge in [0.1, 0.15) is 18.0 Å². The lowest BCUT2D eigenvalue weighted by molar-refractivity contribution is -0.384. The van der Waals surface area contributed by atoms with Crippen LogP contribution in [0.4, 0.5) is 11.4 Å². The third-order valence-corrected chi connectivity index (χ3v) is 3.05. The SMILES string of the molecule is COCCOc1ccc([N+](=O)[O-])c(N2CCOCC2)c1. The van der Waals surface area contributed by atoms with E-state index in [4.69, 9.17) is 14.2 Å². The average Bonchev–Trinajstić information content (AvgIpc) is 2.48. The minimum absolute atomic E-state index is 0.0889. The van der Waals surface area contributed by atoms with E-state index in [1.807, 2.05) is 4.90 Å². The van der Waals surface area contributed by atoms with Gasteiger partial charge >= 0.3 is 0 Å². The lowest BCUT2D eigenvalue weighted by Gasteiger charge is -2.28. The van der Waals surface area contributed by atoms with E-state index in [-0.39, 0.29) is 10.6 Å². The molecule has 1 aromatic rings. The molecule has 1 heterocycles. The highest BCUT2D eigenvalue weighted by molar-refractivity contribution is 5.66. The standard InChI is InChI=1S/C13H18N2O5/c1-18-8-9-20-11-2-3-12(15(16)17)13(10-11)14-4-6-19-7-5-14/h2-3,10H,4-9H2,1H3. The molecule has 0 aliphatic carbocycles. The third kappa shape index (κ3) is 3.58. The summed E-state index contributed by atoms with van der Waals surface area (Å²) in [6.45, 7) is 3.32. The predicted octanol–water partition coefficient (Wildman–Crippen LogP) is 1.46. The first-order chi connectivity index (χ1) is 9.72. The van der Waals surface area contributed by atoms with Gasteiger partial charge in [-0.2, -0.15) is 0 Å². The summed E-state index contributed by atoms with van der Waals surface area (Å²) >= 11 is 0. The second kappa shape index (κ2) is 7.06. The normalized spacial score (nSPS) is 15.2. The van der Waals surface area contributed by atoms with E-state index in [1.165, 1.54) is 6.07 Å². The minimum Gasteiger partial charge on any atom is -0.491 e. The van der Waals surface area contributed by atoms with Crippen LogP contribution in [0.5, 0.6) is 5.75 Å². The Labute approximate surface area is 117 Å². The van der Waals surface area contributed by atoms with E-state index in [0.717, 1.165) is 0 Å². The molecule has 0 amide bonds. The highest BCUT2D eigenvalue weighted by Crippen LogP contribution is 2.32. The second-order valence-corrected chi connectivity index (χ2v) is 4.35. The molecular weight excluding hydrogens is 264 g/mol. The van der Waals surface area contributed by atoms with Crippen molar-refractivity contribution < 1.29 is 19.1 Å². The second-order valence-electron chi connectivity index (χ2n) is 4.35. The molecule has 110 valence electrons.